The Kier molecular flexibility index (Phi) is 3.04. The van der Waals surface area contributed by atoms with Crippen LogP contribution in [0.15, 0.2) is 28.8 Å². The highest BCUT2D eigenvalue weighted by molar-refractivity contribution is 6.08. The van der Waals surface area contributed by atoms with Gasteiger partial charge < -0.3 is 14.7 Å². The molecule has 4 rings (SSSR count). The molecule has 5 heteroatoms. The fourth-order valence-electron chi connectivity index (χ4n) is 3.78. The smallest absolute Gasteiger partial charge is 0.263 e. The molecular weight excluding hydrogens is 278 g/mol. The number of hydrogen-bond acceptors (Lipinski definition) is 4. The number of nitrogens with one attached hydrogen (secondary N) is 1. The minimum atomic E-state index is -0.00551. The number of anilines is 1. The molecule has 3 heterocycles. The fourth-order valence-corrected chi connectivity index (χ4v) is 3.78. The van der Waals surface area contributed by atoms with E-state index in [-0.39, 0.29) is 5.91 Å². The van der Waals surface area contributed by atoms with E-state index in [9.17, 15) is 4.79 Å². The van der Waals surface area contributed by atoms with Crippen LogP contribution >= 0.6 is 0 Å². The van der Waals surface area contributed by atoms with Gasteiger partial charge in [0.1, 0.15) is 11.3 Å². The number of carbonyl (C=O) groups excluding carboxylic acids is 1. The van der Waals surface area contributed by atoms with E-state index in [0.717, 1.165) is 25.3 Å². The Morgan fingerprint density at radius 3 is 2.91 bits per heavy atom. The van der Waals surface area contributed by atoms with Crippen LogP contribution in [0.1, 0.15) is 33.3 Å². The quantitative estimate of drug-likeness (QED) is 0.877. The maximum atomic E-state index is 13.1. The second kappa shape index (κ2) is 4.95. The molecule has 1 aromatic carbocycles. The van der Waals surface area contributed by atoms with E-state index in [1.54, 1.807) is 6.92 Å². The Morgan fingerprint density at radius 2 is 2.14 bits per heavy atom. The van der Waals surface area contributed by atoms with Crippen LogP contribution < -0.4 is 10.2 Å². The summed E-state index contributed by atoms with van der Waals surface area (Å²) in [4.78, 5) is 15.0. The van der Waals surface area contributed by atoms with Gasteiger partial charge in [-0.3, -0.25) is 4.79 Å². The lowest BCUT2D eigenvalue weighted by Crippen LogP contribution is -2.42. The van der Waals surface area contributed by atoms with Crippen LogP contribution in [0, 0.1) is 19.8 Å². The SMILES string of the molecule is Cc1noc(C)c1C(=O)N1C[C@@H]2CNC[C@H]2c2ccccc21. The van der Waals surface area contributed by atoms with Crippen molar-refractivity contribution in [3.8, 4) is 0 Å². The summed E-state index contributed by atoms with van der Waals surface area (Å²) in [6, 6.07) is 8.24. The van der Waals surface area contributed by atoms with Gasteiger partial charge in [-0.15, -0.1) is 0 Å². The van der Waals surface area contributed by atoms with Gasteiger partial charge in [-0.1, -0.05) is 23.4 Å². The van der Waals surface area contributed by atoms with E-state index in [1.807, 2.05) is 24.0 Å². The van der Waals surface area contributed by atoms with E-state index in [0.29, 0.717) is 28.9 Å². The number of aromatic nitrogens is 1. The van der Waals surface area contributed by atoms with Crippen LogP contribution in [0.2, 0.25) is 0 Å². The Hall–Kier alpha value is -2.14. The van der Waals surface area contributed by atoms with Crippen molar-refractivity contribution < 1.29 is 9.32 Å². The number of fused-ring (bicyclic) bond motifs is 3. The van der Waals surface area contributed by atoms with Crippen molar-refractivity contribution in [2.45, 2.75) is 19.8 Å². The summed E-state index contributed by atoms with van der Waals surface area (Å²) in [6.45, 7) is 6.32. The highest BCUT2D eigenvalue weighted by Gasteiger charge is 2.39. The van der Waals surface area contributed by atoms with Gasteiger partial charge in [0.25, 0.3) is 5.91 Å². The molecule has 0 aliphatic carbocycles. The molecule has 1 aromatic heterocycles. The number of hydrogen-bond donors (Lipinski definition) is 1. The van der Waals surface area contributed by atoms with E-state index < -0.39 is 0 Å². The molecule has 0 spiro atoms. The van der Waals surface area contributed by atoms with Crippen molar-refractivity contribution >= 4 is 11.6 Å². The van der Waals surface area contributed by atoms with E-state index >= 15 is 0 Å². The number of para-hydroxylation sites is 1. The molecule has 0 unspecified atom stereocenters. The first kappa shape index (κ1) is 13.5. The van der Waals surface area contributed by atoms with Crippen molar-refractivity contribution in [2.24, 2.45) is 5.92 Å². The number of benzene rings is 1. The first-order valence-electron chi connectivity index (χ1n) is 7.71. The molecule has 1 N–H and O–H groups in total. The summed E-state index contributed by atoms with van der Waals surface area (Å²) in [7, 11) is 0. The third kappa shape index (κ3) is 1.89. The minimum Gasteiger partial charge on any atom is -0.361 e. The molecular formula is C17H19N3O2. The van der Waals surface area contributed by atoms with Crippen molar-refractivity contribution in [3.63, 3.8) is 0 Å². The molecule has 0 radical (unpaired) electrons. The van der Waals surface area contributed by atoms with Gasteiger partial charge in [0.2, 0.25) is 0 Å². The zero-order chi connectivity index (χ0) is 15.3. The molecule has 5 nitrogen and oxygen atoms in total. The lowest BCUT2D eigenvalue weighted by atomic mass is 9.83. The van der Waals surface area contributed by atoms with Gasteiger partial charge in [0.15, 0.2) is 0 Å². The molecule has 1 saturated heterocycles. The van der Waals surface area contributed by atoms with Crippen LogP contribution in [-0.2, 0) is 0 Å². The Balaban J connectivity index is 1.79. The number of rotatable bonds is 1. The zero-order valence-corrected chi connectivity index (χ0v) is 12.8. The molecule has 2 aliphatic heterocycles. The molecule has 2 aromatic rings. The highest BCUT2D eigenvalue weighted by atomic mass is 16.5. The largest absolute Gasteiger partial charge is 0.361 e. The summed E-state index contributed by atoms with van der Waals surface area (Å²) in [5.41, 5.74) is 3.55. The Labute approximate surface area is 129 Å². The van der Waals surface area contributed by atoms with Crippen LogP contribution in [0.3, 0.4) is 0 Å². The molecule has 22 heavy (non-hydrogen) atoms. The maximum Gasteiger partial charge on any atom is 0.263 e. The maximum absolute atomic E-state index is 13.1. The molecule has 2 aliphatic rings. The van der Waals surface area contributed by atoms with Crippen LogP contribution in [0.4, 0.5) is 5.69 Å². The van der Waals surface area contributed by atoms with Gasteiger partial charge in [-0.05, 0) is 31.4 Å². The molecule has 0 saturated carbocycles. The van der Waals surface area contributed by atoms with Crippen molar-refractivity contribution in [2.75, 3.05) is 24.5 Å². The topological polar surface area (TPSA) is 58.4 Å². The van der Waals surface area contributed by atoms with Gasteiger partial charge in [0, 0.05) is 31.2 Å². The number of amides is 1. The van der Waals surface area contributed by atoms with Gasteiger partial charge in [-0.2, -0.15) is 0 Å². The van der Waals surface area contributed by atoms with Crippen molar-refractivity contribution in [1.29, 1.82) is 0 Å². The van der Waals surface area contributed by atoms with Gasteiger partial charge in [-0.25, -0.2) is 0 Å². The zero-order valence-electron chi connectivity index (χ0n) is 12.8. The number of carbonyl (C=O) groups is 1. The first-order valence-corrected chi connectivity index (χ1v) is 7.71. The molecule has 114 valence electrons. The highest BCUT2D eigenvalue weighted by Crippen LogP contribution is 2.41. The average molecular weight is 297 g/mol. The molecule has 2 atom stereocenters. The van der Waals surface area contributed by atoms with Crippen LogP contribution in [0.5, 0.6) is 0 Å². The lowest BCUT2D eigenvalue weighted by molar-refractivity contribution is 0.0978. The second-order valence-corrected chi connectivity index (χ2v) is 6.20. The van der Waals surface area contributed by atoms with E-state index in [1.165, 1.54) is 5.56 Å². The molecule has 1 fully saturated rings. The van der Waals surface area contributed by atoms with Gasteiger partial charge in [0.05, 0.1) is 5.69 Å². The number of nitrogens with zero attached hydrogens (tertiary/aromatic N) is 2. The average Bonchev–Trinajstić information content (AvgIpc) is 3.12. The Bertz CT molecular complexity index is 718. The third-order valence-electron chi connectivity index (χ3n) is 4.88. The summed E-state index contributed by atoms with van der Waals surface area (Å²) in [6.07, 6.45) is 0. The normalized spacial score (nSPS) is 23.3. The standard InChI is InChI=1S/C17H19N3O2/c1-10-16(11(2)22-19-10)17(21)20-9-12-7-18-8-14(12)13-5-3-4-6-15(13)20/h3-6,12,14,18H,7-9H2,1-2H3/t12-,14+/m0/s1. The summed E-state index contributed by atoms with van der Waals surface area (Å²) >= 11 is 0. The predicted octanol–water partition coefficient (Wildman–Crippen LogP) is 2.25. The molecule has 0 bridgehead atoms. The number of aryl methyl sites for hydroxylation is 2. The second-order valence-electron chi connectivity index (χ2n) is 6.20. The minimum absolute atomic E-state index is 0.00551. The molecule has 1 amide bonds. The van der Waals surface area contributed by atoms with Gasteiger partial charge >= 0.3 is 0 Å². The van der Waals surface area contributed by atoms with E-state index in [2.05, 4.69) is 22.6 Å². The van der Waals surface area contributed by atoms with Crippen molar-refractivity contribution in [1.82, 2.24) is 10.5 Å². The first-order chi connectivity index (χ1) is 10.7. The summed E-state index contributed by atoms with van der Waals surface area (Å²) < 4.78 is 5.17. The lowest BCUT2D eigenvalue weighted by Gasteiger charge is -2.36. The summed E-state index contributed by atoms with van der Waals surface area (Å²) in [5, 5.41) is 7.37. The van der Waals surface area contributed by atoms with Crippen LogP contribution in [0.25, 0.3) is 0 Å². The fraction of sp³-hybridized carbons (Fsp3) is 0.412. The predicted molar refractivity (Wildman–Crippen MR) is 83.2 cm³/mol. The summed E-state index contributed by atoms with van der Waals surface area (Å²) in [5.74, 6) is 1.56. The van der Waals surface area contributed by atoms with Crippen LogP contribution in [-0.4, -0.2) is 30.7 Å². The van der Waals surface area contributed by atoms with E-state index in [4.69, 9.17) is 4.52 Å². The third-order valence-corrected chi connectivity index (χ3v) is 4.88. The van der Waals surface area contributed by atoms with Crippen molar-refractivity contribution in [3.05, 3.63) is 46.8 Å². The Morgan fingerprint density at radius 1 is 1.32 bits per heavy atom. The monoisotopic (exact) mass is 297 g/mol.